The number of ether oxygens (including phenoxy) is 1. The maximum Gasteiger partial charge on any atom is 0.410 e. The van der Waals surface area contributed by atoms with Crippen LogP contribution in [0.5, 0.6) is 0 Å². The van der Waals surface area contributed by atoms with Gasteiger partial charge in [0.05, 0.1) is 17.4 Å². The Morgan fingerprint density at radius 1 is 1.33 bits per heavy atom. The van der Waals surface area contributed by atoms with Crippen LogP contribution in [0, 0.1) is 6.92 Å². The summed E-state index contributed by atoms with van der Waals surface area (Å²) in [5.41, 5.74) is 8.15. The fraction of sp³-hybridized carbons (Fsp3) is 0.611. The van der Waals surface area contributed by atoms with Crippen LogP contribution in [-0.4, -0.2) is 35.7 Å². The van der Waals surface area contributed by atoms with Gasteiger partial charge in [0.1, 0.15) is 5.60 Å². The lowest BCUT2D eigenvalue weighted by molar-refractivity contribution is 0.0248. The number of hydrogen-bond donors (Lipinski definition) is 2. The molecule has 0 radical (unpaired) electrons. The fourth-order valence-electron chi connectivity index (χ4n) is 3.06. The van der Waals surface area contributed by atoms with Gasteiger partial charge in [0.2, 0.25) is 0 Å². The van der Waals surface area contributed by atoms with Gasteiger partial charge in [-0.2, -0.15) is 0 Å². The van der Waals surface area contributed by atoms with Gasteiger partial charge in [-0.15, -0.1) is 0 Å². The van der Waals surface area contributed by atoms with Gasteiger partial charge in [-0.1, -0.05) is 12.1 Å². The maximum atomic E-state index is 12.4. The smallest absolute Gasteiger partial charge is 0.410 e. The van der Waals surface area contributed by atoms with Crippen molar-refractivity contribution in [2.45, 2.75) is 58.6 Å². The number of para-hydroxylation sites is 1. The highest BCUT2D eigenvalue weighted by atomic mass is 16.6. The van der Waals surface area contributed by atoms with Gasteiger partial charge in [-0.25, -0.2) is 10.6 Å². The van der Waals surface area contributed by atoms with E-state index in [0.29, 0.717) is 18.8 Å². The minimum Gasteiger partial charge on any atom is -0.444 e. The summed E-state index contributed by atoms with van der Waals surface area (Å²) in [5, 5.41) is 1.73. The molecule has 1 fully saturated rings. The predicted molar refractivity (Wildman–Crippen MR) is 97.7 cm³/mol. The fourth-order valence-corrected chi connectivity index (χ4v) is 3.06. The van der Waals surface area contributed by atoms with Crippen molar-refractivity contribution in [1.82, 2.24) is 4.90 Å². The van der Waals surface area contributed by atoms with E-state index in [0.717, 1.165) is 30.5 Å². The second-order valence-electron chi connectivity index (χ2n) is 7.50. The first-order chi connectivity index (χ1) is 11.2. The van der Waals surface area contributed by atoms with Crippen molar-refractivity contribution in [1.29, 1.82) is 0 Å². The SMILES string of the molecule is Cc1cccc(N)c1N(N)[C@@H]1CCCCN(C(=O)OC(C)(C)C)C1. The summed E-state index contributed by atoms with van der Waals surface area (Å²) in [7, 11) is 0. The summed E-state index contributed by atoms with van der Waals surface area (Å²) >= 11 is 0. The molecule has 1 aliphatic rings. The number of hydrazine groups is 1. The highest BCUT2D eigenvalue weighted by Gasteiger charge is 2.29. The van der Waals surface area contributed by atoms with Gasteiger partial charge in [0.15, 0.2) is 0 Å². The Balaban J connectivity index is 2.16. The van der Waals surface area contributed by atoms with Crippen LogP contribution in [0.15, 0.2) is 18.2 Å². The number of hydrogen-bond acceptors (Lipinski definition) is 5. The van der Waals surface area contributed by atoms with E-state index in [1.165, 1.54) is 0 Å². The van der Waals surface area contributed by atoms with E-state index in [2.05, 4.69) is 0 Å². The van der Waals surface area contributed by atoms with E-state index in [1.54, 1.807) is 9.91 Å². The summed E-state index contributed by atoms with van der Waals surface area (Å²) in [5.74, 6) is 6.41. The molecule has 0 unspecified atom stereocenters. The molecule has 1 aromatic carbocycles. The molecule has 0 saturated carbocycles. The molecular formula is C18H30N4O2. The van der Waals surface area contributed by atoms with Gasteiger partial charge in [0.25, 0.3) is 0 Å². The van der Waals surface area contributed by atoms with Crippen molar-refractivity contribution >= 4 is 17.5 Å². The number of likely N-dealkylation sites (tertiary alicyclic amines) is 1. The Hall–Kier alpha value is -1.95. The molecule has 1 saturated heterocycles. The first kappa shape index (κ1) is 18.4. The minimum atomic E-state index is -0.498. The quantitative estimate of drug-likeness (QED) is 0.493. The van der Waals surface area contributed by atoms with Crippen molar-refractivity contribution in [3.8, 4) is 0 Å². The third-order valence-electron chi connectivity index (χ3n) is 4.22. The van der Waals surface area contributed by atoms with Crippen molar-refractivity contribution in [2.24, 2.45) is 5.84 Å². The molecule has 0 bridgehead atoms. The molecule has 1 atom stereocenters. The lowest BCUT2D eigenvalue weighted by Crippen LogP contribution is -2.49. The topological polar surface area (TPSA) is 84.8 Å². The number of aryl methyl sites for hydroxylation is 1. The molecule has 0 aliphatic carbocycles. The number of nitrogens with two attached hydrogens (primary N) is 2. The van der Waals surface area contributed by atoms with E-state index in [4.69, 9.17) is 16.3 Å². The Kier molecular flexibility index (Phi) is 5.59. The van der Waals surface area contributed by atoms with E-state index in [1.807, 2.05) is 45.9 Å². The summed E-state index contributed by atoms with van der Waals surface area (Å²) in [6, 6.07) is 5.78. The molecule has 4 N–H and O–H groups in total. The lowest BCUT2D eigenvalue weighted by Gasteiger charge is -2.34. The summed E-state index contributed by atoms with van der Waals surface area (Å²) in [6.45, 7) is 8.87. The zero-order chi connectivity index (χ0) is 17.9. The van der Waals surface area contributed by atoms with Crippen LogP contribution in [0.3, 0.4) is 0 Å². The molecule has 6 heteroatoms. The van der Waals surface area contributed by atoms with Gasteiger partial charge in [0, 0.05) is 13.1 Å². The first-order valence-corrected chi connectivity index (χ1v) is 8.56. The Morgan fingerprint density at radius 2 is 2.04 bits per heavy atom. The van der Waals surface area contributed by atoms with Crippen molar-refractivity contribution < 1.29 is 9.53 Å². The molecule has 1 aliphatic heterocycles. The van der Waals surface area contributed by atoms with Crippen LogP contribution in [0.1, 0.15) is 45.6 Å². The average Bonchev–Trinajstić information content (AvgIpc) is 2.71. The van der Waals surface area contributed by atoms with E-state index in [9.17, 15) is 4.79 Å². The number of nitrogens with zero attached hydrogens (tertiary/aromatic N) is 2. The Morgan fingerprint density at radius 3 is 2.67 bits per heavy atom. The lowest BCUT2D eigenvalue weighted by atomic mass is 10.1. The molecule has 1 aromatic rings. The number of carbonyl (C=O) groups is 1. The van der Waals surface area contributed by atoms with Crippen molar-refractivity contribution in [3.05, 3.63) is 23.8 Å². The van der Waals surface area contributed by atoms with Gasteiger partial charge >= 0.3 is 6.09 Å². The van der Waals surface area contributed by atoms with Crippen LogP contribution in [0.2, 0.25) is 0 Å². The molecule has 0 aromatic heterocycles. The van der Waals surface area contributed by atoms with Crippen LogP contribution >= 0.6 is 0 Å². The first-order valence-electron chi connectivity index (χ1n) is 8.56. The summed E-state index contributed by atoms with van der Waals surface area (Å²) < 4.78 is 5.52. The molecular weight excluding hydrogens is 304 g/mol. The Labute approximate surface area is 144 Å². The van der Waals surface area contributed by atoms with Crippen molar-refractivity contribution in [3.63, 3.8) is 0 Å². The van der Waals surface area contributed by atoms with Crippen LogP contribution in [0.25, 0.3) is 0 Å². The van der Waals surface area contributed by atoms with Crippen LogP contribution in [-0.2, 0) is 4.74 Å². The van der Waals surface area contributed by atoms with E-state index < -0.39 is 5.60 Å². The predicted octanol–water partition coefficient (Wildman–Crippen LogP) is 3.05. The molecule has 0 spiro atoms. The summed E-state index contributed by atoms with van der Waals surface area (Å²) in [4.78, 5) is 14.2. The zero-order valence-corrected chi connectivity index (χ0v) is 15.2. The molecule has 1 amide bonds. The highest BCUT2D eigenvalue weighted by molar-refractivity contribution is 5.72. The molecule has 6 nitrogen and oxygen atoms in total. The standard InChI is InChI=1S/C18H30N4O2/c1-13-8-7-10-15(19)16(13)22(20)14-9-5-6-11-21(12-14)17(23)24-18(2,3)4/h7-8,10,14H,5-6,9,11-12,19-20H2,1-4H3/t14-/m1/s1. The highest BCUT2D eigenvalue weighted by Crippen LogP contribution is 2.29. The Bertz CT molecular complexity index is 563. The second kappa shape index (κ2) is 7.30. The maximum absolute atomic E-state index is 12.4. The average molecular weight is 334 g/mol. The molecule has 2 rings (SSSR count). The number of benzene rings is 1. The zero-order valence-electron chi connectivity index (χ0n) is 15.2. The number of nitrogen functional groups attached to an aromatic ring is 1. The minimum absolute atomic E-state index is 0.0171. The third kappa shape index (κ3) is 4.54. The number of amides is 1. The number of carbonyl (C=O) groups excluding carboxylic acids is 1. The molecule has 24 heavy (non-hydrogen) atoms. The second-order valence-corrected chi connectivity index (χ2v) is 7.50. The normalized spacial score (nSPS) is 18.9. The summed E-state index contributed by atoms with van der Waals surface area (Å²) in [6.07, 6.45) is 2.61. The molecule has 1 heterocycles. The monoisotopic (exact) mass is 334 g/mol. The molecule has 134 valence electrons. The van der Waals surface area contributed by atoms with Crippen LogP contribution in [0.4, 0.5) is 16.2 Å². The van der Waals surface area contributed by atoms with E-state index in [-0.39, 0.29) is 12.1 Å². The van der Waals surface area contributed by atoms with Gasteiger partial charge in [-0.3, -0.25) is 0 Å². The number of rotatable bonds is 2. The van der Waals surface area contributed by atoms with Crippen molar-refractivity contribution in [2.75, 3.05) is 23.8 Å². The van der Waals surface area contributed by atoms with E-state index >= 15 is 0 Å². The third-order valence-corrected chi connectivity index (χ3v) is 4.22. The van der Waals surface area contributed by atoms with Gasteiger partial charge < -0.3 is 20.4 Å². The van der Waals surface area contributed by atoms with Gasteiger partial charge in [-0.05, 0) is 58.6 Å². The number of anilines is 2. The van der Waals surface area contributed by atoms with Crippen LogP contribution < -0.4 is 16.6 Å². The largest absolute Gasteiger partial charge is 0.444 e.